The fourth-order valence-corrected chi connectivity index (χ4v) is 3.08. The van der Waals surface area contributed by atoms with Crippen LogP contribution in [0.25, 0.3) is 9.88 Å². The van der Waals surface area contributed by atoms with E-state index in [9.17, 15) is 20.1 Å². The van der Waals surface area contributed by atoms with E-state index in [1.54, 1.807) is 5.38 Å². The van der Waals surface area contributed by atoms with Crippen LogP contribution in [0.1, 0.15) is 10.5 Å². The van der Waals surface area contributed by atoms with Crippen LogP contribution in [-0.2, 0) is 0 Å². The Morgan fingerprint density at radius 1 is 1.25 bits per heavy atom. The standard InChI is InChI=1S/C12H14N2O4S2/c15-5-12(6-16,7-17)14-10(18)8-4-20-11(13-8)9-2-1-3-19-9/h1-4,15-17H,5-7H2,(H,14,18). The van der Waals surface area contributed by atoms with Crippen LogP contribution in [0.15, 0.2) is 22.9 Å². The molecule has 2 rings (SSSR count). The zero-order chi connectivity index (χ0) is 14.6. The fourth-order valence-electron chi connectivity index (χ4n) is 1.46. The van der Waals surface area contributed by atoms with E-state index in [1.807, 2.05) is 17.5 Å². The maximum absolute atomic E-state index is 12.0. The number of aliphatic hydroxyl groups is 3. The predicted molar refractivity (Wildman–Crippen MR) is 76.9 cm³/mol. The number of thiazole rings is 1. The van der Waals surface area contributed by atoms with Gasteiger partial charge in [-0.1, -0.05) is 6.07 Å². The zero-order valence-corrected chi connectivity index (χ0v) is 12.1. The number of carbonyl (C=O) groups excluding carboxylic acids is 1. The van der Waals surface area contributed by atoms with Crippen LogP contribution in [0, 0.1) is 0 Å². The maximum Gasteiger partial charge on any atom is 0.271 e. The molecule has 6 nitrogen and oxygen atoms in total. The van der Waals surface area contributed by atoms with Crippen molar-refractivity contribution >= 4 is 28.6 Å². The molecule has 0 fully saturated rings. The molecule has 0 atom stereocenters. The number of aromatic nitrogens is 1. The molecule has 1 amide bonds. The van der Waals surface area contributed by atoms with Gasteiger partial charge in [0, 0.05) is 5.38 Å². The SMILES string of the molecule is O=C(NC(CO)(CO)CO)c1csc(-c2cccs2)n1. The minimum atomic E-state index is -1.44. The van der Waals surface area contributed by atoms with Gasteiger partial charge in [0.15, 0.2) is 0 Å². The average Bonchev–Trinajstić information content (AvgIpc) is 3.14. The summed E-state index contributed by atoms with van der Waals surface area (Å²) in [6.45, 7) is -1.69. The Kier molecular flexibility index (Phi) is 4.84. The van der Waals surface area contributed by atoms with Crippen LogP contribution >= 0.6 is 22.7 Å². The Bertz CT molecular complexity index is 556. The largest absolute Gasteiger partial charge is 0.394 e. The summed E-state index contributed by atoms with van der Waals surface area (Å²) in [7, 11) is 0. The molecule has 0 aliphatic heterocycles. The monoisotopic (exact) mass is 314 g/mol. The molecule has 108 valence electrons. The van der Waals surface area contributed by atoms with Gasteiger partial charge >= 0.3 is 0 Å². The molecule has 0 saturated carbocycles. The summed E-state index contributed by atoms with van der Waals surface area (Å²) < 4.78 is 0. The van der Waals surface area contributed by atoms with Gasteiger partial charge in [-0.05, 0) is 11.4 Å². The van der Waals surface area contributed by atoms with Crippen molar-refractivity contribution in [2.24, 2.45) is 0 Å². The van der Waals surface area contributed by atoms with Gasteiger partial charge in [-0.15, -0.1) is 22.7 Å². The smallest absolute Gasteiger partial charge is 0.271 e. The number of hydrogen-bond acceptors (Lipinski definition) is 7. The third kappa shape index (κ3) is 3.05. The highest BCUT2D eigenvalue weighted by molar-refractivity contribution is 7.20. The van der Waals surface area contributed by atoms with Crippen LogP contribution in [0.3, 0.4) is 0 Å². The molecule has 0 aromatic carbocycles. The summed E-state index contributed by atoms with van der Waals surface area (Å²) in [4.78, 5) is 17.2. The van der Waals surface area contributed by atoms with Crippen molar-refractivity contribution in [3.63, 3.8) is 0 Å². The van der Waals surface area contributed by atoms with Crippen molar-refractivity contribution in [1.29, 1.82) is 0 Å². The lowest BCUT2D eigenvalue weighted by Gasteiger charge is -2.28. The highest BCUT2D eigenvalue weighted by atomic mass is 32.1. The lowest BCUT2D eigenvalue weighted by molar-refractivity contribution is 0.0373. The van der Waals surface area contributed by atoms with Crippen LogP contribution in [0.2, 0.25) is 0 Å². The third-order valence-electron chi connectivity index (χ3n) is 2.76. The van der Waals surface area contributed by atoms with Crippen LogP contribution in [0.4, 0.5) is 0 Å². The molecule has 20 heavy (non-hydrogen) atoms. The van der Waals surface area contributed by atoms with Crippen molar-refractivity contribution in [2.75, 3.05) is 19.8 Å². The normalized spacial score (nSPS) is 11.6. The first-order valence-corrected chi connectivity index (χ1v) is 7.54. The Hall–Kier alpha value is -1.32. The first-order valence-electron chi connectivity index (χ1n) is 5.78. The number of aliphatic hydroxyl groups excluding tert-OH is 3. The molecule has 0 saturated heterocycles. The number of amides is 1. The minimum absolute atomic E-state index is 0.193. The second kappa shape index (κ2) is 6.42. The number of nitrogens with one attached hydrogen (secondary N) is 1. The first kappa shape index (κ1) is 15.1. The third-order valence-corrected chi connectivity index (χ3v) is 4.64. The summed E-state index contributed by atoms with van der Waals surface area (Å²) in [5, 5.41) is 34.2. The topological polar surface area (TPSA) is 103 Å². The van der Waals surface area contributed by atoms with Crippen molar-refractivity contribution in [3.05, 3.63) is 28.6 Å². The van der Waals surface area contributed by atoms with Gasteiger partial charge in [0.05, 0.1) is 24.7 Å². The highest BCUT2D eigenvalue weighted by Gasteiger charge is 2.31. The second-order valence-corrected chi connectivity index (χ2v) is 6.03. The van der Waals surface area contributed by atoms with Crippen molar-refractivity contribution in [2.45, 2.75) is 5.54 Å². The number of rotatable bonds is 6. The Morgan fingerprint density at radius 2 is 1.95 bits per heavy atom. The summed E-state index contributed by atoms with van der Waals surface area (Å²) in [6, 6.07) is 3.81. The maximum atomic E-state index is 12.0. The van der Waals surface area contributed by atoms with Gasteiger partial charge in [0.25, 0.3) is 5.91 Å². The molecule has 0 spiro atoms. The molecular formula is C12H14N2O4S2. The molecule has 8 heteroatoms. The summed E-state index contributed by atoms with van der Waals surface area (Å²) in [5.41, 5.74) is -1.25. The molecule has 4 N–H and O–H groups in total. The lowest BCUT2D eigenvalue weighted by Crippen LogP contribution is -2.57. The number of hydrogen-bond donors (Lipinski definition) is 4. The molecule has 0 radical (unpaired) electrons. The average molecular weight is 314 g/mol. The fraction of sp³-hybridized carbons (Fsp3) is 0.333. The lowest BCUT2D eigenvalue weighted by atomic mass is 10.0. The van der Waals surface area contributed by atoms with Crippen LogP contribution in [-0.4, -0.2) is 51.6 Å². The van der Waals surface area contributed by atoms with Crippen molar-refractivity contribution in [3.8, 4) is 9.88 Å². The summed E-state index contributed by atoms with van der Waals surface area (Å²) >= 11 is 2.86. The van der Waals surface area contributed by atoms with E-state index in [1.165, 1.54) is 22.7 Å². The molecule has 0 aliphatic carbocycles. The second-order valence-electron chi connectivity index (χ2n) is 4.22. The van der Waals surface area contributed by atoms with Gasteiger partial charge in [0.1, 0.15) is 16.2 Å². The van der Waals surface area contributed by atoms with E-state index in [0.717, 1.165) is 9.88 Å². The molecular weight excluding hydrogens is 300 g/mol. The Morgan fingerprint density at radius 3 is 2.50 bits per heavy atom. The van der Waals surface area contributed by atoms with E-state index < -0.39 is 31.3 Å². The number of thiophene rings is 1. The Balaban J connectivity index is 2.14. The van der Waals surface area contributed by atoms with E-state index in [0.29, 0.717) is 0 Å². The first-order chi connectivity index (χ1) is 9.64. The summed E-state index contributed by atoms with van der Waals surface area (Å²) in [5.74, 6) is -0.541. The van der Waals surface area contributed by atoms with Gasteiger partial charge in [0.2, 0.25) is 0 Å². The summed E-state index contributed by atoms with van der Waals surface area (Å²) in [6.07, 6.45) is 0. The zero-order valence-electron chi connectivity index (χ0n) is 10.4. The van der Waals surface area contributed by atoms with Gasteiger partial charge in [-0.25, -0.2) is 4.98 Å². The van der Waals surface area contributed by atoms with Gasteiger partial charge < -0.3 is 20.6 Å². The minimum Gasteiger partial charge on any atom is -0.394 e. The molecule has 0 bridgehead atoms. The number of carbonyl (C=O) groups is 1. The van der Waals surface area contributed by atoms with Crippen LogP contribution in [0.5, 0.6) is 0 Å². The molecule has 2 aromatic rings. The van der Waals surface area contributed by atoms with E-state index in [4.69, 9.17) is 0 Å². The van der Waals surface area contributed by atoms with Crippen molar-refractivity contribution < 1.29 is 20.1 Å². The van der Waals surface area contributed by atoms with Gasteiger partial charge in [-0.3, -0.25) is 4.79 Å². The van der Waals surface area contributed by atoms with E-state index in [-0.39, 0.29) is 5.69 Å². The predicted octanol–water partition coefficient (Wildman–Crippen LogP) is 0.317. The Labute approximate surface area is 123 Å². The van der Waals surface area contributed by atoms with E-state index >= 15 is 0 Å². The molecule has 0 aliphatic rings. The molecule has 2 aromatic heterocycles. The van der Waals surface area contributed by atoms with Gasteiger partial charge in [-0.2, -0.15) is 0 Å². The highest BCUT2D eigenvalue weighted by Crippen LogP contribution is 2.27. The molecule has 0 unspecified atom stereocenters. The molecule has 2 heterocycles. The number of nitrogens with zero attached hydrogens (tertiary/aromatic N) is 1. The van der Waals surface area contributed by atoms with Crippen LogP contribution < -0.4 is 5.32 Å². The van der Waals surface area contributed by atoms with Crippen molar-refractivity contribution in [1.82, 2.24) is 10.3 Å². The quantitative estimate of drug-likeness (QED) is 0.615. The van der Waals surface area contributed by atoms with E-state index in [2.05, 4.69) is 10.3 Å².